The molecule has 0 spiro atoms. The maximum absolute atomic E-state index is 12.7. The van der Waals surface area contributed by atoms with Crippen LogP contribution in [0, 0.1) is 0 Å². The molecule has 30 heavy (non-hydrogen) atoms. The van der Waals surface area contributed by atoms with E-state index in [2.05, 4.69) is 10.1 Å². The van der Waals surface area contributed by atoms with Crippen molar-refractivity contribution in [3.05, 3.63) is 56.5 Å². The molecule has 0 N–H and O–H groups in total. The highest BCUT2D eigenvalue weighted by molar-refractivity contribution is 7.08. The molecule has 2 aromatic heterocycles. The second-order valence-corrected chi connectivity index (χ2v) is 8.51. The Bertz CT molecular complexity index is 1030. The smallest absolute Gasteiger partial charge is 0.254 e. The Labute approximate surface area is 187 Å². The minimum Gasteiger partial charge on any atom is -0.339 e. The maximum Gasteiger partial charge on any atom is 0.254 e. The Morgan fingerprint density at radius 1 is 1.07 bits per heavy atom. The number of nitrogens with zero attached hydrogens (tertiary/aromatic N) is 4. The summed E-state index contributed by atoms with van der Waals surface area (Å²) < 4.78 is 5.24. The number of amides is 2. The van der Waals surface area contributed by atoms with Gasteiger partial charge in [0.05, 0.1) is 0 Å². The average Bonchev–Trinajstić information content (AvgIpc) is 3.42. The lowest BCUT2D eigenvalue weighted by Crippen LogP contribution is -2.50. The van der Waals surface area contributed by atoms with Crippen LogP contribution in [0.25, 0.3) is 11.4 Å². The number of aryl methyl sites for hydroxylation is 1. The summed E-state index contributed by atoms with van der Waals surface area (Å²) in [6.45, 7) is 1.86. The fraction of sp³-hybridized carbons (Fsp3) is 0.300. The molecule has 1 saturated heterocycles. The first kappa shape index (κ1) is 20.8. The number of benzene rings is 1. The molecule has 4 rings (SSSR count). The lowest BCUT2D eigenvalue weighted by Gasteiger charge is -2.35. The third-order valence-electron chi connectivity index (χ3n) is 4.83. The molecule has 0 saturated carbocycles. The number of piperazine rings is 1. The summed E-state index contributed by atoms with van der Waals surface area (Å²) in [5, 5.41) is 8.68. The van der Waals surface area contributed by atoms with Crippen molar-refractivity contribution >= 4 is 46.4 Å². The van der Waals surface area contributed by atoms with Crippen molar-refractivity contribution in [1.82, 2.24) is 19.9 Å². The van der Waals surface area contributed by atoms with Gasteiger partial charge in [0, 0.05) is 65.6 Å². The number of halogens is 2. The summed E-state index contributed by atoms with van der Waals surface area (Å²) in [4.78, 5) is 33.0. The van der Waals surface area contributed by atoms with Gasteiger partial charge in [0.1, 0.15) is 0 Å². The van der Waals surface area contributed by atoms with Crippen LogP contribution in [0.1, 0.15) is 22.7 Å². The van der Waals surface area contributed by atoms with Crippen LogP contribution < -0.4 is 0 Å². The molecule has 1 aliphatic heterocycles. The Morgan fingerprint density at radius 3 is 2.43 bits per heavy atom. The second-order valence-electron chi connectivity index (χ2n) is 6.85. The number of aromatic nitrogens is 2. The van der Waals surface area contributed by atoms with E-state index in [9.17, 15) is 9.59 Å². The van der Waals surface area contributed by atoms with Crippen LogP contribution in [0.2, 0.25) is 10.0 Å². The van der Waals surface area contributed by atoms with Gasteiger partial charge < -0.3 is 14.3 Å². The van der Waals surface area contributed by atoms with Crippen LogP contribution in [0.5, 0.6) is 0 Å². The number of carbonyl (C=O) groups excluding carboxylic acids is 2. The largest absolute Gasteiger partial charge is 0.339 e. The summed E-state index contributed by atoms with van der Waals surface area (Å²) in [5.74, 6) is 0.838. The number of thiophene rings is 1. The van der Waals surface area contributed by atoms with Crippen molar-refractivity contribution in [3.63, 3.8) is 0 Å². The lowest BCUT2D eigenvalue weighted by molar-refractivity contribution is -0.132. The molecular formula is C20H18Cl2N4O3S. The Balaban J connectivity index is 1.27. The van der Waals surface area contributed by atoms with Crippen LogP contribution in [-0.4, -0.2) is 57.9 Å². The standard InChI is InChI=1S/C20H18Cl2N4O3S/c21-15-9-14(10-16(22)11-15)20(28)26-6-4-25(5-7-26)18(27)2-1-17-23-19(24-29-17)13-3-8-30-12-13/h3,8-12H,1-2,4-7H2. The van der Waals surface area contributed by atoms with Crippen LogP contribution in [0.3, 0.4) is 0 Å². The molecule has 1 aliphatic rings. The predicted octanol–water partition coefficient (Wildman–Crippen LogP) is 4.02. The zero-order valence-electron chi connectivity index (χ0n) is 15.9. The molecule has 0 aliphatic carbocycles. The van der Waals surface area contributed by atoms with E-state index < -0.39 is 0 Å². The molecule has 0 bridgehead atoms. The van der Waals surface area contributed by atoms with Crippen molar-refractivity contribution in [1.29, 1.82) is 0 Å². The van der Waals surface area contributed by atoms with Gasteiger partial charge in [0.25, 0.3) is 5.91 Å². The third kappa shape index (κ3) is 4.83. The summed E-state index contributed by atoms with van der Waals surface area (Å²) in [7, 11) is 0. The fourth-order valence-corrected chi connectivity index (χ4v) is 4.42. The topological polar surface area (TPSA) is 79.5 Å². The lowest BCUT2D eigenvalue weighted by atomic mass is 10.1. The first-order valence-corrected chi connectivity index (χ1v) is 11.1. The van der Waals surface area contributed by atoms with E-state index in [4.69, 9.17) is 27.7 Å². The third-order valence-corrected chi connectivity index (χ3v) is 5.95. The van der Waals surface area contributed by atoms with Gasteiger partial charge in [0.2, 0.25) is 17.6 Å². The van der Waals surface area contributed by atoms with Gasteiger partial charge in [0.15, 0.2) is 0 Å². The second kappa shape index (κ2) is 9.16. The average molecular weight is 465 g/mol. The summed E-state index contributed by atoms with van der Waals surface area (Å²) in [6.07, 6.45) is 0.666. The molecule has 2 amide bonds. The summed E-state index contributed by atoms with van der Waals surface area (Å²) in [5.41, 5.74) is 1.35. The highest BCUT2D eigenvalue weighted by Crippen LogP contribution is 2.21. The van der Waals surface area contributed by atoms with Gasteiger partial charge in [-0.15, -0.1) is 0 Å². The molecule has 0 atom stereocenters. The maximum atomic E-state index is 12.7. The monoisotopic (exact) mass is 464 g/mol. The molecule has 3 aromatic rings. The van der Waals surface area contributed by atoms with E-state index in [1.807, 2.05) is 16.8 Å². The van der Waals surface area contributed by atoms with Gasteiger partial charge in [-0.25, -0.2) is 0 Å². The molecule has 7 nitrogen and oxygen atoms in total. The van der Waals surface area contributed by atoms with Crippen LogP contribution in [-0.2, 0) is 11.2 Å². The molecular weight excluding hydrogens is 447 g/mol. The Morgan fingerprint density at radius 2 is 1.77 bits per heavy atom. The van der Waals surface area contributed by atoms with Crippen molar-refractivity contribution in [2.45, 2.75) is 12.8 Å². The normalized spacial score (nSPS) is 14.2. The van der Waals surface area contributed by atoms with Crippen molar-refractivity contribution in [2.24, 2.45) is 0 Å². The van der Waals surface area contributed by atoms with Crippen LogP contribution in [0.15, 0.2) is 39.5 Å². The minimum absolute atomic E-state index is 0.00295. The quantitative estimate of drug-likeness (QED) is 0.569. The highest BCUT2D eigenvalue weighted by atomic mass is 35.5. The van der Waals surface area contributed by atoms with E-state index in [0.29, 0.717) is 59.9 Å². The summed E-state index contributed by atoms with van der Waals surface area (Å²) in [6, 6.07) is 6.70. The highest BCUT2D eigenvalue weighted by Gasteiger charge is 2.25. The Kier molecular flexibility index (Phi) is 6.36. The van der Waals surface area contributed by atoms with Gasteiger partial charge in [-0.3, -0.25) is 9.59 Å². The molecule has 1 aromatic carbocycles. The van der Waals surface area contributed by atoms with E-state index >= 15 is 0 Å². The number of rotatable bonds is 5. The number of hydrogen-bond donors (Lipinski definition) is 0. The predicted molar refractivity (Wildman–Crippen MR) is 115 cm³/mol. The van der Waals surface area contributed by atoms with Gasteiger partial charge in [-0.1, -0.05) is 28.4 Å². The molecule has 156 valence electrons. The van der Waals surface area contributed by atoms with Gasteiger partial charge in [-0.2, -0.15) is 16.3 Å². The minimum atomic E-state index is -0.140. The molecule has 1 fully saturated rings. The zero-order valence-corrected chi connectivity index (χ0v) is 18.2. The molecule has 10 heteroatoms. The van der Waals surface area contributed by atoms with Crippen LogP contribution >= 0.6 is 34.5 Å². The van der Waals surface area contributed by atoms with Gasteiger partial charge >= 0.3 is 0 Å². The Hall–Kier alpha value is -2.42. The van der Waals surface area contributed by atoms with Crippen molar-refractivity contribution < 1.29 is 14.1 Å². The van der Waals surface area contributed by atoms with Crippen molar-refractivity contribution in [3.8, 4) is 11.4 Å². The zero-order chi connectivity index (χ0) is 21.1. The SMILES string of the molecule is O=C(CCc1nc(-c2ccsc2)no1)N1CCN(C(=O)c2cc(Cl)cc(Cl)c2)CC1. The van der Waals surface area contributed by atoms with Crippen molar-refractivity contribution in [2.75, 3.05) is 26.2 Å². The van der Waals surface area contributed by atoms with Gasteiger partial charge in [-0.05, 0) is 29.6 Å². The number of carbonyl (C=O) groups is 2. The molecule has 0 unspecified atom stereocenters. The van der Waals surface area contributed by atoms with E-state index in [1.165, 1.54) is 0 Å². The van der Waals surface area contributed by atoms with E-state index in [1.54, 1.807) is 39.3 Å². The first-order valence-electron chi connectivity index (χ1n) is 9.38. The summed E-state index contributed by atoms with van der Waals surface area (Å²) >= 11 is 13.5. The van der Waals surface area contributed by atoms with E-state index in [0.717, 1.165) is 5.56 Å². The molecule has 3 heterocycles. The number of hydrogen-bond acceptors (Lipinski definition) is 6. The van der Waals surface area contributed by atoms with E-state index in [-0.39, 0.29) is 18.2 Å². The van der Waals surface area contributed by atoms with Crippen LogP contribution in [0.4, 0.5) is 0 Å². The first-order chi connectivity index (χ1) is 14.5. The fourth-order valence-electron chi connectivity index (χ4n) is 3.26. The molecule has 0 radical (unpaired) electrons.